The number of benzene rings is 2. The van der Waals surface area contributed by atoms with E-state index in [0.717, 1.165) is 16.5 Å². The van der Waals surface area contributed by atoms with E-state index in [9.17, 15) is 9.90 Å². The van der Waals surface area contributed by atoms with Crippen LogP contribution in [0.1, 0.15) is 22.0 Å². The van der Waals surface area contributed by atoms with Crippen molar-refractivity contribution in [2.24, 2.45) is 7.05 Å². The number of methoxy groups -OCH3 is 2. The van der Waals surface area contributed by atoms with Gasteiger partial charge in [-0.15, -0.1) is 0 Å². The summed E-state index contributed by atoms with van der Waals surface area (Å²) in [6.07, 6.45) is 1.18. The molecule has 0 aliphatic heterocycles. The number of aliphatic hydroxyl groups is 1. The lowest BCUT2D eigenvalue weighted by Gasteiger charge is -2.14. The van der Waals surface area contributed by atoms with Crippen molar-refractivity contribution < 1.29 is 19.4 Å². The van der Waals surface area contributed by atoms with Crippen molar-refractivity contribution in [1.82, 2.24) is 9.88 Å². The molecule has 0 radical (unpaired) electrons. The number of hydrogen-bond donors (Lipinski definition) is 2. The Morgan fingerprint density at radius 2 is 1.88 bits per heavy atom. The van der Waals surface area contributed by atoms with Gasteiger partial charge in [0.25, 0.3) is 5.91 Å². The monoisotopic (exact) mass is 354 g/mol. The molecule has 3 rings (SSSR count). The van der Waals surface area contributed by atoms with Crippen LogP contribution in [0.3, 0.4) is 0 Å². The van der Waals surface area contributed by atoms with Crippen molar-refractivity contribution >= 4 is 16.8 Å². The van der Waals surface area contributed by atoms with Crippen LogP contribution in [-0.2, 0) is 7.05 Å². The Bertz CT molecular complexity index is 933. The Balaban J connectivity index is 1.68. The third kappa shape index (κ3) is 3.50. The summed E-state index contributed by atoms with van der Waals surface area (Å²) in [4.78, 5) is 12.3. The van der Waals surface area contributed by atoms with Crippen LogP contribution >= 0.6 is 0 Å². The zero-order valence-electron chi connectivity index (χ0n) is 15.0. The number of fused-ring (bicyclic) bond motifs is 1. The van der Waals surface area contributed by atoms with Crippen LogP contribution in [0, 0.1) is 0 Å². The average molecular weight is 354 g/mol. The van der Waals surface area contributed by atoms with Gasteiger partial charge >= 0.3 is 0 Å². The van der Waals surface area contributed by atoms with E-state index in [4.69, 9.17) is 9.47 Å². The molecular formula is C20H22N2O4. The molecular weight excluding hydrogens is 332 g/mol. The Kier molecular flexibility index (Phi) is 5.14. The molecule has 1 unspecified atom stereocenters. The highest BCUT2D eigenvalue weighted by Crippen LogP contribution is 2.27. The van der Waals surface area contributed by atoms with Gasteiger partial charge in [-0.25, -0.2) is 0 Å². The molecule has 2 N–H and O–H groups in total. The van der Waals surface area contributed by atoms with E-state index in [1.54, 1.807) is 18.2 Å². The third-order valence-corrected chi connectivity index (χ3v) is 4.40. The fourth-order valence-electron chi connectivity index (χ4n) is 2.89. The Morgan fingerprint density at radius 1 is 1.12 bits per heavy atom. The predicted molar refractivity (Wildman–Crippen MR) is 99.8 cm³/mol. The van der Waals surface area contributed by atoms with Crippen LogP contribution in [-0.4, -0.2) is 36.3 Å². The number of hydrogen-bond acceptors (Lipinski definition) is 4. The fourth-order valence-corrected chi connectivity index (χ4v) is 2.89. The summed E-state index contributed by atoms with van der Waals surface area (Å²) in [5.41, 5.74) is 2.29. The lowest BCUT2D eigenvalue weighted by atomic mass is 10.1. The number of aliphatic hydroxyl groups excluding tert-OH is 1. The van der Waals surface area contributed by atoms with Crippen LogP contribution in [0.4, 0.5) is 0 Å². The first-order valence-electron chi connectivity index (χ1n) is 8.26. The standard InChI is InChI=1S/C20H22N2O4/c1-22-9-8-13-10-14(4-6-16(13)22)17(23)12-21-20(24)15-5-7-18(25-2)19(11-15)26-3/h4-11,17,23H,12H2,1-3H3,(H,21,24). The number of carbonyl (C=O) groups is 1. The molecule has 0 saturated carbocycles. The van der Waals surface area contributed by atoms with Gasteiger partial charge in [0, 0.05) is 30.9 Å². The minimum absolute atomic E-state index is 0.117. The molecule has 0 fully saturated rings. The molecule has 0 aliphatic rings. The van der Waals surface area contributed by atoms with Gasteiger partial charge in [-0.3, -0.25) is 4.79 Å². The molecule has 1 heterocycles. The smallest absolute Gasteiger partial charge is 0.251 e. The number of nitrogens with one attached hydrogen (secondary N) is 1. The highest BCUT2D eigenvalue weighted by Gasteiger charge is 2.14. The lowest BCUT2D eigenvalue weighted by Crippen LogP contribution is -2.28. The van der Waals surface area contributed by atoms with Crippen molar-refractivity contribution in [1.29, 1.82) is 0 Å². The Labute approximate surface area is 152 Å². The molecule has 0 aliphatic carbocycles. The minimum Gasteiger partial charge on any atom is -0.493 e. The lowest BCUT2D eigenvalue weighted by molar-refractivity contribution is 0.0916. The van der Waals surface area contributed by atoms with E-state index < -0.39 is 6.10 Å². The molecule has 136 valence electrons. The van der Waals surface area contributed by atoms with E-state index in [0.29, 0.717) is 17.1 Å². The number of amides is 1. The maximum absolute atomic E-state index is 12.3. The van der Waals surface area contributed by atoms with Crippen molar-refractivity contribution in [2.45, 2.75) is 6.10 Å². The quantitative estimate of drug-likeness (QED) is 0.714. The van der Waals surface area contributed by atoms with Gasteiger partial charge in [0.05, 0.1) is 20.3 Å². The molecule has 1 amide bonds. The zero-order valence-corrected chi connectivity index (χ0v) is 15.0. The normalized spacial score (nSPS) is 12.0. The summed E-state index contributed by atoms with van der Waals surface area (Å²) in [5.74, 6) is 0.751. The van der Waals surface area contributed by atoms with E-state index in [-0.39, 0.29) is 12.5 Å². The van der Waals surface area contributed by atoms with Crippen molar-refractivity contribution in [3.05, 3.63) is 59.8 Å². The first-order chi connectivity index (χ1) is 12.5. The van der Waals surface area contributed by atoms with Crippen LogP contribution in [0.5, 0.6) is 11.5 Å². The molecule has 26 heavy (non-hydrogen) atoms. The van der Waals surface area contributed by atoms with E-state index in [2.05, 4.69) is 5.32 Å². The second kappa shape index (κ2) is 7.49. The van der Waals surface area contributed by atoms with Gasteiger partial charge in [0.2, 0.25) is 0 Å². The first-order valence-corrected chi connectivity index (χ1v) is 8.26. The SMILES string of the molecule is COc1ccc(C(=O)NCC(O)c2ccc3c(ccn3C)c2)cc1OC. The summed E-state index contributed by atoms with van der Waals surface area (Å²) >= 11 is 0. The zero-order chi connectivity index (χ0) is 18.7. The molecule has 0 spiro atoms. The maximum Gasteiger partial charge on any atom is 0.251 e. The molecule has 0 bridgehead atoms. The molecule has 6 nitrogen and oxygen atoms in total. The van der Waals surface area contributed by atoms with Gasteiger partial charge in [-0.1, -0.05) is 6.07 Å². The Hall–Kier alpha value is -2.99. The number of ether oxygens (including phenoxy) is 2. The molecule has 6 heteroatoms. The Morgan fingerprint density at radius 3 is 2.62 bits per heavy atom. The maximum atomic E-state index is 12.3. The molecule has 1 aromatic heterocycles. The van der Waals surface area contributed by atoms with Crippen LogP contribution in [0.25, 0.3) is 10.9 Å². The van der Waals surface area contributed by atoms with Crippen LogP contribution in [0.2, 0.25) is 0 Å². The highest BCUT2D eigenvalue weighted by atomic mass is 16.5. The molecule has 0 saturated heterocycles. The first kappa shape index (κ1) is 17.8. The molecule has 2 aromatic carbocycles. The number of carbonyl (C=O) groups excluding carboxylic acids is 1. The third-order valence-electron chi connectivity index (χ3n) is 4.40. The molecule has 3 aromatic rings. The van der Waals surface area contributed by atoms with E-state index >= 15 is 0 Å². The van der Waals surface area contributed by atoms with Crippen LogP contribution < -0.4 is 14.8 Å². The number of aryl methyl sites for hydroxylation is 1. The van der Waals surface area contributed by atoms with Gasteiger partial charge < -0.3 is 24.5 Å². The van der Waals surface area contributed by atoms with Gasteiger partial charge in [-0.05, 0) is 47.3 Å². The van der Waals surface area contributed by atoms with Crippen molar-refractivity contribution in [3.63, 3.8) is 0 Å². The molecule has 1 atom stereocenters. The van der Waals surface area contributed by atoms with Gasteiger partial charge in [-0.2, -0.15) is 0 Å². The number of aromatic nitrogens is 1. The predicted octanol–water partition coefficient (Wildman–Crippen LogP) is 2.66. The summed E-state index contributed by atoms with van der Waals surface area (Å²) < 4.78 is 12.4. The average Bonchev–Trinajstić information content (AvgIpc) is 3.05. The van der Waals surface area contributed by atoms with E-state index in [1.807, 2.05) is 42.1 Å². The van der Waals surface area contributed by atoms with E-state index in [1.165, 1.54) is 14.2 Å². The summed E-state index contributed by atoms with van der Waals surface area (Å²) in [6.45, 7) is 0.117. The second-order valence-corrected chi connectivity index (χ2v) is 6.04. The number of rotatable bonds is 6. The summed E-state index contributed by atoms with van der Waals surface area (Å²) in [6, 6.07) is 12.7. The summed E-state index contributed by atoms with van der Waals surface area (Å²) in [7, 11) is 5.03. The van der Waals surface area contributed by atoms with Crippen LogP contribution in [0.15, 0.2) is 48.7 Å². The number of nitrogens with zero attached hydrogens (tertiary/aromatic N) is 1. The largest absolute Gasteiger partial charge is 0.493 e. The fraction of sp³-hybridized carbons (Fsp3) is 0.250. The van der Waals surface area contributed by atoms with Gasteiger partial charge in [0.1, 0.15) is 0 Å². The minimum atomic E-state index is -0.788. The van der Waals surface area contributed by atoms with Crippen molar-refractivity contribution in [3.8, 4) is 11.5 Å². The highest BCUT2D eigenvalue weighted by molar-refractivity contribution is 5.95. The van der Waals surface area contributed by atoms with Crippen molar-refractivity contribution in [2.75, 3.05) is 20.8 Å². The van der Waals surface area contributed by atoms with Gasteiger partial charge in [0.15, 0.2) is 11.5 Å². The summed E-state index contributed by atoms with van der Waals surface area (Å²) in [5, 5.41) is 14.2. The second-order valence-electron chi connectivity index (χ2n) is 6.04. The topological polar surface area (TPSA) is 72.7 Å².